The highest BCUT2D eigenvalue weighted by Gasteiger charge is 2.18. The molecule has 0 fully saturated rings. The van der Waals surface area contributed by atoms with Crippen LogP contribution in [0.5, 0.6) is 5.75 Å². The number of anilines is 1. The van der Waals surface area contributed by atoms with E-state index in [0.717, 1.165) is 4.31 Å². The molecule has 144 valence electrons. The molecule has 1 amide bonds. The van der Waals surface area contributed by atoms with E-state index in [1.807, 2.05) is 0 Å². The zero-order valence-electron chi connectivity index (χ0n) is 14.9. The number of nitrogens with one attached hydrogen (secondary N) is 1. The highest BCUT2D eigenvalue weighted by molar-refractivity contribution is 7.89. The summed E-state index contributed by atoms with van der Waals surface area (Å²) in [5.41, 5.74) is 0.337. The second-order valence-corrected chi connectivity index (χ2v) is 7.96. The Kier molecular flexibility index (Phi) is 6.13. The van der Waals surface area contributed by atoms with E-state index in [-0.39, 0.29) is 10.6 Å². The number of hydrogen-bond acceptors (Lipinski definition) is 6. The Morgan fingerprint density at radius 3 is 2.15 bits per heavy atom. The first-order chi connectivity index (χ1) is 12.6. The van der Waals surface area contributed by atoms with Gasteiger partial charge >= 0.3 is 0 Å². The molecule has 0 spiro atoms. The van der Waals surface area contributed by atoms with Crippen LogP contribution in [0.25, 0.3) is 0 Å². The number of benzene rings is 2. The predicted octanol–water partition coefficient (Wildman–Crippen LogP) is 2.25. The molecule has 0 bridgehead atoms. The first-order valence-electron chi connectivity index (χ1n) is 7.86. The molecular formula is C17H19N3O6S. The maximum Gasteiger partial charge on any atom is 0.269 e. The lowest BCUT2D eigenvalue weighted by Gasteiger charge is -2.15. The van der Waals surface area contributed by atoms with E-state index < -0.39 is 27.0 Å². The minimum Gasteiger partial charge on any atom is -0.481 e. The molecule has 0 radical (unpaired) electrons. The van der Waals surface area contributed by atoms with Gasteiger partial charge in [0.25, 0.3) is 11.6 Å². The van der Waals surface area contributed by atoms with Crippen LogP contribution in [-0.2, 0) is 14.8 Å². The number of rotatable bonds is 7. The van der Waals surface area contributed by atoms with Crippen molar-refractivity contribution in [1.29, 1.82) is 0 Å². The van der Waals surface area contributed by atoms with Crippen LogP contribution in [0.15, 0.2) is 53.4 Å². The number of carbonyl (C=O) groups excluding carboxylic acids is 1. The summed E-state index contributed by atoms with van der Waals surface area (Å²) in [6, 6.07) is 11.1. The van der Waals surface area contributed by atoms with Crippen LogP contribution in [0.2, 0.25) is 0 Å². The van der Waals surface area contributed by atoms with Crippen LogP contribution in [0.1, 0.15) is 6.92 Å². The summed E-state index contributed by atoms with van der Waals surface area (Å²) in [6.45, 7) is 1.53. The second kappa shape index (κ2) is 8.14. The average Bonchev–Trinajstić information content (AvgIpc) is 2.62. The van der Waals surface area contributed by atoms with Gasteiger partial charge in [-0.2, -0.15) is 0 Å². The molecule has 0 saturated heterocycles. The van der Waals surface area contributed by atoms with Crippen molar-refractivity contribution >= 4 is 27.3 Å². The molecule has 0 saturated carbocycles. The molecule has 9 nitrogen and oxygen atoms in total. The highest BCUT2D eigenvalue weighted by Crippen LogP contribution is 2.20. The number of nitrogens with zero attached hydrogens (tertiary/aromatic N) is 2. The summed E-state index contributed by atoms with van der Waals surface area (Å²) in [5.74, 6) is -0.132. The lowest BCUT2D eigenvalue weighted by Crippen LogP contribution is -2.30. The van der Waals surface area contributed by atoms with Gasteiger partial charge in [0.15, 0.2) is 6.10 Å². The largest absolute Gasteiger partial charge is 0.481 e. The van der Waals surface area contributed by atoms with Crippen molar-refractivity contribution in [2.75, 3.05) is 19.4 Å². The van der Waals surface area contributed by atoms with Crippen molar-refractivity contribution in [3.63, 3.8) is 0 Å². The number of amides is 1. The smallest absolute Gasteiger partial charge is 0.269 e. The van der Waals surface area contributed by atoms with Crippen molar-refractivity contribution in [3.8, 4) is 5.75 Å². The van der Waals surface area contributed by atoms with Crippen molar-refractivity contribution in [2.24, 2.45) is 0 Å². The SMILES string of the molecule is CC(Oc1ccc([N+](=O)[O-])cc1)C(=O)Nc1ccc(S(=O)(=O)N(C)C)cc1. The van der Waals surface area contributed by atoms with Gasteiger partial charge in [-0.3, -0.25) is 14.9 Å². The van der Waals surface area contributed by atoms with Crippen molar-refractivity contribution in [2.45, 2.75) is 17.9 Å². The normalized spacial score (nSPS) is 12.4. The Morgan fingerprint density at radius 1 is 1.11 bits per heavy atom. The first kappa shape index (κ1) is 20.3. The Morgan fingerprint density at radius 2 is 1.67 bits per heavy atom. The Labute approximate surface area is 156 Å². The first-order valence-corrected chi connectivity index (χ1v) is 9.30. The molecule has 2 aromatic carbocycles. The minimum atomic E-state index is -3.54. The number of sulfonamides is 1. The molecule has 27 heavy (non-hydrogen) atoms. The van der Waals surface area contributed by atoms with E-state index in [2.05, 4.69) is 5.32 Å². The Balaban J connectivity index is 2.00. The fraction of sp³-hybridized carbons (Fsp3) is 0.235. The minimum absolute atomic E-state index is 0.0766. The van der Waals surface area contributed by atoms with Gasteiger partial charge < -0.3 is 10.1 Å². The maximum atomic E-state index is 12.2. The summed E-state index contributed by atoms with van der Waals surface area (Å²) < 4.78 is 30.6. The number of hydrogen-bond donors (Lipinski definition) is 1. The molecular weight excluding hydrogens is 374 g/mol. The number of ether oxygens (including phenoxy) is 1. The standard InChI is InChI=1S/C17H19N3O6S/c1-12(26-15-8-6-14(7-9-15)20(22)23)17(21)18-13-4-10-16(11-5-13)27(24,25)19(2)3/h4-12H,1-3H3,(H,18,21). The van der Waals surface area contributed by atoms with E-state index >= 15 is 0 Å². The average molecular weight is 393 g/mol. The fourth-order valence-electron chi connectivity index (χ4n) is 2.07. The molecule has 1 N–H and O–H groups in total. The third-order valence-corrected chi connectivity index (χ3v) is 5.46. The predicted molar refractivity (Wildman–Crippen MR) is 99.1 cm³/mol. The summed E-state index contributed by atoms with van der Waals surface area (Å²) in [5, 5.41) is 13.2. The van der Waals surface area contributed by atoms with E-state index in [9.17, 15) is 23.3 Å². The van der Waals surface area contributed by atoms with E-state index in [4.69, 9.17) is 4.74 Å². The molecule has 1 atom stereocenters. The Bertz CT molecular complexity index is 924. The summed E-state index contributed by atoms with van der Waals surface area (Å²) in [4.78, 5) is 22.4. The molecule has 0 heterocycles. The zero-order valence-corrected chi connectivity index (χ0v) is 15.8. The second-order valence-electron chi connectivity index (χ2n) is 5.81. The van der Waals surface area contributed by atoms with Crippen LogP contribution < -0.4 is 10.1 Å². The number of nitro benzene ring substituents is 1. The quantitative estimate of drug-likeness (QED) is 0.569. The summed E-state index contributed by atoms with van der Waals surface area (Å²) in [6.07, 6.45) is -0.864. The van der Waals surface area contributed by atoms with Crippen LogP contribution in [0.4, 0.5) is 11.4 Å². The Hall–Kier alpha value is -2.98. The van der Waals surface area contributed by atoms with Crippen molar-refractivity contribution in [3.05, 3.63) is 58.6 Å². The number of carbonyl (C=O) groups is 1. The number of non-ortho nitro benzene ring substituents is 1. The van der Waals surface area contributed by atoms with Crippen LogP contribution >= 0.6 is 0 Å². The maximum absolute atomic E-state index is 12.2. The highest BCUT2D eigenvalue weighted by atomic mass is 32.2. The zero-order chi connectivity index (χ0) is 20.2. The van der Waals surface area contributed by atoms with Gasteiger partial charge in [-0.05, 0) is 43.3 Å². The molecule has 0 aliphatic carbocycles. The molecule has 0 aliphatic rings. The van der Waals surface area contributed by atoms with E-state index in [0.29, 0.717) is 11.4 Å². The van der Waals surface area contributed by atoms with Crippen molar-refractivity contribution < 1.29 is 22.9 Å². The van der Waals surface area contributed by atoms with Gasteiger partial charge in [-0.1, -0.05) is 0 Å². The van der Waals surface area contributed by atoms with E-state index in [1.54, 1.807) is 0 Å². The monoisotopic (exact) mass is 393 g/mol. The van der Waals surface area contributed by atoms with Crippen LogP contribution in [0, 0.1) is 10.1 Å². The van der Waals surface area contributed by atoms with Gasteiger partial charge in [0, 0.05) is 31.9 Å². The lowest BCUT2D eigenvalue weighted by molar-refractivity contribution is -0.384. The third kappa shape index (κ3) is 5.02. The molecule has 2 rings (SSSR count). The molecule has 1 unspecified atom stereocenters. The van der Waals surface area contributed by atoms with Crippen LogP contribution in [0.3, 0.4) is 0 Å². The van der Waals surface area contributed by atoms with Gasteiger partial charge in [-0.25, -0.2) is 12.7 Å². The van der Waals surface area contributed by atoms with Gasteiger partial charge in [-0.15, -0.1) is 0 Å². The number of nitro groups is 1. The molecule has 10 heteroatoms. The summed E-state index contributed by atoms with van der Waals surface area (Å²) in [7, 11) is -0.675. The van der Waals surface area contributed by atoms with Gasteiger partial charge in [0.05, 0.1) is 9.82 Å². The van der Waals surface area contributed by atoms with Gasteiger partial charge in [0.1, 0.15) is 5.75 Å². The molecule has 0 aliphatic heterocycles. The summed E-state index contributed by atoms with van der Waals surface area (Å²) >= 11 is 0. The van der Waals surface area contributed by atoms with Crippen LogP contribution in [-0.4, -0.2) is 43.8 Å². The molecule has 0 aromatic heterocycles. The molecule has 2 aromatic rings. The van der Waals surface area contributed by atoms with E-state index in [1.165, 1.54) is 69.6 Å². The topological polar surface area (TPSA) is 119 Å². The lowest BCUT2D eigenvalue weighted by atomic mass is 10.3. The van der Waals surface area contributed by atoms with Gasteiger partial charge in [0.2, 0.25) is 10.0 Å². The van der Waals surface area contributed by atoms with Crippen molar-refractivity contribution in [1.82, 2.24) is 4.31 Å². The fourth-order valence-corrected chi connectivity index (χ4v) is 2.97. The third-order valence-electron chi connectivity index (χ3n) is 3.63.